The highest BCUT2D eigenvalue weighted by molar-refractivity contribution is 5.96. The lowest BCUT2D eigenvalue weighted by Crippen LogP contribution is -2.20. The molecule has 0 aliphatic heterocycles. The molecular formula is C18H16NO4+. The van der Waals surface area contributed by atoms with Gasteiger partial charge in [0.15, 0.2) is 23.9 Å². The number of carbonyl (C=O) groups is 2. The van der Waals surface area contributed by atoms with Crippen molar-refractivity contribution < 1.29 is 23.5 Å². The molecule has 0 spiro atoms. The number of aryl methyl sites for hydroxylation is 1. The molecule has 0 fully saturated rings. The van der Waals surface area contributed by atoms with Gasteiger partial charge in [-0.2, -0.15) is 4.40 Å². The van der Waals surface area contributed by atoms with Crippen LogP contribution in [0, 0.1) is 6.92 Å². The zero-order valence-corrected chi connectivity index (χ0v) is 13.1. The second-order valence-corrected chi connectivity index (χ2v) is 5.34. The highest BCUT2D eigenvalue weighted by Gasteiger charge is 2.19. The highest BCUT2D eigenvalue weighted by atomic mass is 16.6. The molecule has 0 saturated heterocycles. The Morgan fingerprint density at radius 3 is 2.43 bits per heavy atom. The Hall–Kier alpha value is -2.95. The van der Waals surface area contributed by atoms with Crippen LogP contribution in [0.4, 0.5) is 0 Å². The molecule has 3 rings (SSSR count). The van der Waals surface area contributed by atoms with Crippen LogP contribution in [0.2, 0.25) is 0 Å². The molecule has 0 N–H and O–H groups in total. The highest BCUT2D eigenvalue weighted by Crippen LogP contribution is 2.38. The molecule has 2 aromatic heterocycles. The summed E-state index contributed by atoms with van der Waals surface area (Å²) in [4.78, 5) is 22.8. The summed E-state index contributed by atoms with van der Waals surface area (Å²) in [6, 6.07) is 9.43. The van der Waals surface area contributed by atoms with Crippen LogP contribution in [0.1, 0.15) is 19.4 Å². The van der Waals surface area contributed by atoms with Gasteiger partial charge >= 0.3 is 11.9 Å². The molecule has 5 heteroatoms. The van der Waals surface area contributed by atoms with Crippen molar-refractivity contribution in [2.45, 2.75) is 20.8 Å². The molecule has 0 unspecified atom stereocenters. The van der Waals surface area contributed by atoms with Gasteiger partial charge in [0.25, 0.3) is 0 Å². The standard InChI is InChI=1S/C18H16NO4/c1-11-8-17(22-12(2)20)18(23-13(3)21)15-9-14-6-4-5-7-19(14)10-16(11)15/h4-10H,1-3H3/q+1. The molecule has 0 atom stereocenters. The number of esters is 2. The maximum absolute atomic E-state index is 11.5. The minimum Gasteiger partial charge on any atom is -0.423 e. The van der Waals surface area contributed by atoms with Crippen LogP contribution in [0.15, 0.2) is 42.7 Å². The number of benzene rings is 1. The first-order chi connectivity index (χ1) is 11.0. The summed E-state index contributed by atoms with van der Waals surface area (Å²) in [6.07, 6.45) is 3.91. The van der Waals surface area contributed by atoms with E-state index in [2.05, 4.69) is 0 Å². The van der Waals surface area contributed by atoms with E-state index in [1.807, 2.05) is 48.0 Å². The predicted octanol–water partition coefficient (Wildman–Crippen LogP) is 2.74. The summed E-state index contributed by atoms with van der Waals surface area (Å²) in [5, 5.41) is 1.64. The molecule has 0 radical (unpaired) electrons. The summed E-state index contributed by atoms with van der Waals surface area (Å²) in [6.45, 7) is 4.55. The molecule has 23 heavy (non-hydrogen) atoms. The third-order valence-electron chi connectivity index (χ3n) is 3.51. The van der Waals surface area contributed by atoms with E-state index < -0.39 is 11.9 Å². The molecule has 5 nitrogen and oxygen atoms in total. The van der Waals surface area contributed by atoms with Gasteiger partial charge in [0.1, 0.15) is 0 Å². The Kier molecular flexibility index (Phi) is 3.70. The zero-order valence-electron chi connectivity index (χ0n) is 13.1. The van der Waals surface area contributed by atoms with Gasteiger partial charge < -0.3 is 9.47 Å². The first-order valence-corrected chi connectivity index (χ1v) is 7.20. The molecule has 116 valence electrons. The van der Waals surface area contributed by atoms with Crippen LogP contribution < -0.4 is 13.9 Å². The van der Waals surface area contributed by atoms with Gasteiger partial charge in [0.05, 0.1) is 5.39 Å². The van der Waals surface area contributed by atoms with Crippen molar-refractivity contribution in [3.8, 4) is 11.5 Å². The molecule has 0 aliphatic carbocycles. The van der Waals surface area contributed by atoms with E-state index in [0.717, 1.165) is 21.9 Å². The van der Waals surface area contributed by atoms with Crippen molar-refractivity contribution in [1.82, 2.24) is 0 Å². The molecule has 0 amide bonds. The fourth-order valence-corrected chi connectivity index (χ4v) is 2.60. The summed E-state index contributed by atoms with van der Waals surface area (Å²) in [5.74, 6) is -0.422. The maximum Gasteiger partial charge on any atom is 0.308 e. The monoisotopic (exact) mass is 310 g/mol. The first-order valence-electron chi connectivity index (χ1n) is 7.20. The summed E-state index contributed by atoms with van der Waals surface area (Å²) in [7, 11) is 0. The topological polar surface area (TPSA) is 56.7 Å². The van der Waals surface area contributed by atoms with Gasteiger partial charge in [-0.3, -0.25) is 9.59 Å². The van der Waals surface area contributed by atoms with Crippen LogP contribution in [0.3, 0.4) is 0 Å². The Bertz CT molecular complexity index is 947. The van der Waals surface area contributed by atoms with Gasteiger partial charge in [-0.1, -0.05) is 0 Å². The van der Waals surface area contributed by atoms with E-state index in [1.165, 1.54) is 13.8 Å². The zero-order chi connectivity index (χ0) is 16.6. The lowest BCUT2D eigenvalue weighted by Gasteiger charge is -2.13. The van der Waals surface area contributed by atoms with E-state index in [9.17, 15) is 9.59 Å². The van der Waals surface area contributed by atoms with Crippen molar-refractivity contribution >= 4 is 28.2 Å². The number of nitrogens with zero attached hydrogens (tertiary/aromatic N) is 1. The summed E-state index contributed by atoms with van der Waals surface area (Å²) < 4.78 is 12.5. The van der Waals surface area contributed by atoms with Gasteiger partial charge in [-0.15, -0.1) is 0 Å². The third-order valence-corrected chi connectivity index (χ3v) is 3.51. The molecule has 0 saturated carbocycles. The lowest BCUT2D eigenvalue weighted by molar-refractivity contribution is -0.510. The average molecular weight is 310 g/mol. The van der Waals surface area contributed by atoms with Crippen molar-refractivity contribution in [3.63, 3.8) is 0 Å². The van der Waals surface area contributed by atoms with Crippen molar-refractivity contribution in [2.75, 3.05) is 0 Å². The van der Waals surface area contributed by atoms with Gasteiger partial charge in [-0.25, -0.2) is 0 Å². The average Bonchev–Trinajstić information content (AvgIpc) is 2.49. The molecule has 0 aliphatic rings. The molecule has 0 bridgehead atoms. The number of hydrogen-bond acceptors (Lipinski definition) is 4. The Labute approximate surface area is 133 Å². The number of ether oxygens (including phenoxy) is 2. The van der Waals surface area contributed by atoms with E-state index >= 15 is 0 Å². The summed E-state index contributed by atoms with van der Waals surface area (Å²) in [5.41, 5.74) is 1.86. The third kappa shape index (κ3) is 2.85. The number of pyridine rings is 2. The first kappa shape index (κ1) is 15.0. The predicted molar refractivity (Wildman–Crippen MR) is 84.5 cm³/mol. The SMILES string of the molecule is CC(=O)Oc1cc(C)c2c[n+]3ccccc3cc2c1OC(C)=O. The fraction of sp³-hybridized carbons (Fsp3) is 0.167. The van der Waals surface area contributed by atoms with Crippen molar-refractivity contribution in [2.24, 2.45) is 0 Å². The largest absolute Gasteiger partial charge is 0.423 e. The molecule has 2 heterocycles. The van der Waals surface area contributed by atoms with Crippen LogP contribution in [-0.4, -0.2) is 11.9 Å². The second kappa shape index (κ2) is 5.68. The Morgan fingerprint density at radius 1 is 1.00 bits per heavy atom. The quantitative estimate of drug-likeness (QED) is 0.316. The van der Waals surface area contributed by atoms with E-state index in [1.54, 1.807) is 6.07 Å². The van der Waals surface area contributed by atoms with Crippen LogP contribution in [-0.2, 0) is 9.59 Å². The maximum atomic E-state index is 11.5. The van der Waals surface area contributed by atoms with Gasteiger partial charge in [0, 0.05) is 37.4 Å². The minimum absolute atomic E-state index is 0.248. The van der Waals surface area contributed by atoms with E-state index in [0.29, 0.717) is 0 Å². The Balaban J connectivity index is 2.38. The number of carbonyl (C=O) groups excluding carboxylic acids is 2. The van der Waals surface area contributed by atoms with Crippen molar-refractivity contribution in [3.05, 3.63) is 48.3 Å². The fourth-order valence-electron chi connectivity index (χ4n) is 2.60. The number of fused-ring (bicyclic) bond motifs is 2. The van der Waals surface area contributed by atoms with E-state index in [-0.39, 0.29) is 11.5 Å². The summed E-state index contributed by atoms with van der Waals surface area (Å²) >= 11 is 0. The Morgan fingerprint density at radius 2 is 1.74 bits per heavy atom. The smallest absolute Gasteiger partial charge is 0.308 e. The van der Waals surface area contributed by atoms with Crippen LogP contribution in [0.25, 0.3) is 16.3 Å². The number of rotatable bonds is 2. The molecular weight excluding hydrogens is 294 g/mol. The number of aromatic nitrogens is 1. The van der Waals surface area contributed by atoms with Crippen LogP contribution in [0.5, 0.6) is 11.5 Å². The molecule has 3 aromatic rings. The van der Waals surface area contributed by atoms with Crippen molar-refractivity contribution in [1.29, 1.82) is 0 Å². The number of hydrogen-bond donors (Lipinski definition) is 0. The van der Waals surface area contributed by atoms with Gasteiger partial charge in [0.2, 0.25) is 5.52 Å². The van der Waals surface area contributed by atoms with Gasteiger partial charge in [-0.05, 0) is 24.6 Å². The molecule has 1 aromatic carbocycles. The van der Waals surface area contributed by atoms with E-state index in [4.69, 9.17) is 9.47 Å². The van der Waals surface area contributed by atoms with Crippen LogP contribution >= 0.6 is 0 Å². The lowest BCUT2D eigenvalue weighted by atomic mass is 10.0. The minimum atomic E-state index is -0.468. The normalized spacial score (nSPS) is 10.7. The second-order valence-electron chi connectivity index (χ2n) is 5.34.